The molecule has 1 rings (SSSR count). The lowest BCUT2D eigenvalue weighted by molar-refractivity contribution is -0.167. The summed E-state index contributed by atoms with van der Waals surface area (Å²) in [6.45, 7) is 0.711. The first-order valence-electron chi connectivity index (χ1n) is 5.17. The van der Waals surface area contributed by atoms with Gasteiger partial charge in [-0.1, -0.05) is 11.6 Å². The average Bonchev–Trinajstić information content (AvgIpc) is 2.27. The molecule has 2 nitrogen and oxygen atoms in total. The van der Waals surface area contributed by atoms with Crippen molar-refractivity contribution in [1.29, 1.82) is 0 Å². The molecule has 0 aliphatic carbocycles. The second-order valence-corrected chi connectivity index (χ2v) is 5.38. The zero-order valence-corrected chi connectivity index (χ0v) is 11.6. The Labute approximate surface area is 120 Å². The molecule has 0 aromatic heterocycles. The van der Waals surface area contributed by atoms with E-state index in [1.807, 2.05) is 0 Å². The summed E-state index contributed by atoms with van der Waals surface area (Å²) in [6.07, 6.45) is -5.02. The third-order valence-electron chi connectivity index (χ3n) is 1.93. The van der Waals surface area contributed by atoms with Gasteiger partial charge in [0.05, 0.1) is 10.8 Å². The van der Waals surface area contributed by atoms with Crippen LogP contribution in [-0.4, -0.2) is 23.8 Å². The van der Waals surface area contributed by atoms with Crippen molar-refractivity contribution in [1.82, 2.24) is 0 Å². The van der Waals surface area contributed by atoms with Crippen molar-refractivity contribution in [2.24, 2.45) is 0 Å². The largest absolute Gasteiger partial charge is 0.471 e. The topological polar surface area (TPSA) is 29.1 Å². The minimum Gasteiger partial charge on any atom is -0.318 e. The molecule has 0 saturated carbocycles. The monoisotopic (exact) mass is 333 g/mol. The van der Waals surface area contributed by atoms with Gasteiger partial charge in [-0.05, 0) is 18.2 Å². The zero-order chi connectivity index (χ0) is 15.6. The zero-order valence-electron chi connectivity index (χ0n) is 10.0. The Morgan fingerprint density at radius 3 is 2.40 bits per heavy atom. The predicted molar refractivity (Wildman–Crippen MR) is 67.5 cm³/mol. The first-order chi connectivity index (χ1) is 8.99. The second-order valence-electron chi connectivity index (χ2n) is 3.96. The molecule has 112 valence electrons. The van der Waals surface area contributed by atoms with Crippen LogP contribution in [-0.2, 0) is 4.79 Å². The summed E-state index contributed by atoms with van der Waals surface area (Å²) in [5.41, 5.74) is -0.168. The molecule has 0 atom stereocenters. The molecule has 0 aliphatic rings. The Morgan fingerprint density at radius 2 is 1.90 bits per heavy atom. The quantitative estimate of drug-likeness (QED) is 0.645. The number of carbonyl (C=O) groups is 1. The smallest absolute Gasteiger partial charge is 0.318 e. The minimum absolute atomic E-state index is 0.115. The number of halogens is 6. The van der Waals surface area contributed by atoms with E-state index in [-0.39, 0.29) is 15.6 Å². The standard InChI is InChI=1S/C11H9ClF5NOS/c1-10(13,14)5-20-8-4-6(2-3-7(8)12)18-9(19)11(15,16)17/h2-4H,5H2,1H3,(H,18,19). The van der Waals surface area contributed by atoms with E-state index in [0.717, 1.165) is 12.1 Å². The summed E-state index contributed by atoms with van der Waals surface area (Å²) in [4.78, 5) is 10.9. The molecular formula is C11H9ClF5NOS. The van der Waals surface area contributed by atoms with Crippen LogP contribution in [0, 0.1) is 0 Å². The van der Waals surface area contributed by atoms with Crippen molar-refractivity contribution in [3.63, 3.8) is 0 Å². The van der Waals surface area contributed by atoms with Gasteiger partial charge in [0.2, 0.25) is 0 Å². The summed E-state index contributed by atoms with van der Waals surface area (Å²) in [5.74, 6) is -5.67. The number of nitrogens with one attached hydrogen (secondary N) is 1. The number of anilines is 1. The maximum absolute atomic E-state index is 12.7. The van der Waals surface area contributed by atoms with Crippen LogP contribution in [0.4, 0.5) is 27.6 Å². The van der Waals surface area contributed by atoms with Crippen LogP contribution in [0.25, 0.3) is 0 Å². The lowest BCUT2D eigenvalue weighted by Gasteiger charge is -2.12. The number of carbonyl (C=O) groups excluding carboxylic acids is 1. The Hall–Kier alpha value is -1.02. The fourth-order valence-electron chi connectivity index (χ4n) is 1.10. The first kappa shape index (κ1) is 17.0. The van der Waals surface area contributed by atoms with Gasteiger partial charge in [0.1, 0.15) is 0 Å². The summed E-state index contributed by atoms with van der Waals surface area (Å²) >= 11 is 6.44. The van der Waals surface area contributed by atoms with Crippen LogP contribution in [0.3, 0.4) is 0 Å². The lowest BCUT2D eigenvalue weighted by atomic mass is 10.3. The highest BCUT2D eigenvalue weighted by Gasteiger charge is 2.38. The Morgan fingerprint density at radius 1 is 1.30 bits per heavy atom. The van der Waals surface area contributed by atoms with Gasteiger partial charge in [0.25, 0.3) is 5.92 Å². The molecule has 0 spiro atoms. The number of hydrogen-bond donors (Lipinski definition) is 1. The molecule has 0 saturated heterocycles. The summed E-state index contributed by atoms with van der Waals surface area (Å²) in [7, 11) is 0. The first-order valence-corrected chi connectivity index (χ1v) is 6.54. The highest BCUT2D eigenvalue weighted by Crippen LogP contribution is 2.33. The lowest BCUT2D eigenvalue weighted by Crippen LogP contribution is -2.29. The summed E-state index contributed by atoms with van der Waals surface area (Å²) in [5, 5.41) is 1.74. The van der Waals surface area contributed by atoms with E-state index in [1.54, 1.807) is 5.32 Å². The van der Waals surface area contributed by atoms with E-state index >= 15 is 0 Å². The molecule has 1 aromatic rings. The summed E-state index contributed by atoms with van der Waals surface area (Å²) < 4.78 is 61.7. The molecule has 0 aliphatic heterocycles. The van der Waals surface area contributed by atoms with Crippen molar-refractivity contribution in [2.75, 3.05) is 11.1 Å². The van der Waals surface area contributed by atoms with E-state index in [2.05, 4.69) is 0 Å². The third kappa shape index (κ3) is 5.54. The normalized spacial score (nSPS) is 12.3. The van der Waals surface area contributed by atoms with E-state index < -0.39 is 23.8 Å². The Bertz CT molecular complexity index is 501. The molecule has 0 bridgehead atoms. The van der Waals surface area contributed by atoms with Crippen LogP contribution >= 0.6 is 23.4 Å². The summed E-state index contributed by atoms with van der Waals surface area (Å²) in [6, 6.07) is 3.49. The van der Waals surface area contributed by atoms with Crippen molar-refractivity contribution in [3.8, 4) is 0 Å². The molecule has 20 heavy (non-hydrogen) atoms. The SMILES string of the molecule is CC(F)(F)CSc1cc(NC(=O)C(F)(F)F)ccc1Cl. The molecular weight excluding hydrogens is 325 g/mol. The fraction of sp³-hybridized carbons (Fsp3) is 0.364. The molecule has 0 radical (unpaired) electrons. The second kappa shape index (κ2) is 6.17. The molecule has 1 aromatic carbocycles. The highest BCUT2D eigenvalue weighted by atomic mass is 35.5. The van der Waals surface area contributed by atoms with Crippen LogP contribution in [0.15, 0.2) is 23.1 Å². The van der Waals surface area contributed by atoms with Gasteiger partial charge < -0.3 is 5.32 Å². The predicted octanol–water partition coefficient (Wildman–Crippen LogP) is 4.59. The van der Waals surface area contributed by atoms with Crippen molar-refractivity contribution >= 4 is 35.0 Å². The van der Waals surface area contributed by atoms with Gasteiger partial charge in [0, 0.05) is 17.5 Å². The van der Waals surface area contributed by atoms with Gasteiger partial charge in [-0.3, -0.25) is 4.79 Å². The van der Waals surface area contributed by atoms with Crippen molar-refractivity contribution < 1.29 is 26.7 Å². The van der Waals surface area contributed by atoms with E-state index in [9.17, 15) is 26.7 Å². The highest BCUT2D eigenvalue weighted by molar-refractivity contribution is 7.99. The maximum Gasteiger partial charge on any atom is 0.471 e. The Kier molecular flexibility index (Phi) is 5.26. The number of amides is 1. The van der Waals surface area contributed by atoms with Crippen molar-refractivity contribution in [2.45, 2.75) is 23.9 Å². The average molecular weight is 334 g/mol. The minimum atomic E-state index is -5.02. The number of hydrogen-bond acceptors (Lipinski definition) is 2. The molecule has 0 fully saturated rings. The molecule has 1 amide bonds. The van der Waals surface area contributed by atoms with Crippen LogP contribution in [0.5, 0.6) is 0 Å². The van der Waals surface area contributed by atoms with Crippen LogP contribution in [0.2, 0.25) is 5.02 Å². The number of alkyl halides is 5. The van der Waals surface area contributed by atoms with Crippen molar-refractivity contribution in [3.05, 3.63) is 23.2 Å². The van der Waals surface area contributed by atoms with Gasteiger partial charge in [0.15, 0.2) is 0 Å². The van der Waals surface area contributed by atoms with E-state index in [4.69, 9.17) is 11.6 Å². The van der Waals surface area contributed by atoms with Crippen LogP contribution in [0.1, 0.15) is 6.92 Å². The number of thioether (sulfide) groups is 1. The third-order valence-corrected chi connectivity index (χ3v) is 3.67. The van der Waals surface area contributed by atoms with Gasteiger partial charge in [-0.15, -0.1) is 11.8 Å². The van der Waals surface area contributed by atoms with Gasteiger partial charge in [-0.2, -0.15) is 13.2 Å². The Balaban J connectivity index is 2.84. The molecule has 1 N–H and O–H groups in total. The molecule has 0 unspecified atom stereocenters. The van der Waals surface area contributed by atoms with Crippen LogP contribution < -0.4 is 5.32 Å². The number of rotatable bonds is 4. The fourth-order valence-corrected chi connectivity index (χ4v) is 2.20. The van der Waals surface area contributed by atoms with Gasteiger partial charge >= 0.3 is 12.1 Å². The van der Waals surface area contributed by atoms with Gasteiger partial charge in [-0.25, -0.2) is 8.78 Å². The van der Waals surface area contributed by atoms with E-state index in [0.29, 0.717) is 18.7 Å². The maximum atomic E-state index is 12.7. The molecule has 9 heteroatoms. The number of benzene rings is 1. The molecule has 0 heterocycles. The van der Waals surface area contributed by atoms with E-state index in [1.165, 1.54) is 6.07 Å².